The van der Waals surface area contributed by atoms with Crippen molar-refractivity contribution in [3.63, 3.8) is 0 Å². The van der Waals surface area contributed by atoms with Gasteiger partial charge in [-0.05, 0) is 64.2 Å². The van der Waals surface area contributed by atoms with Gasteiger partial charge in [0.05, 0.1) is 0 Å². The number of terminal acetylenes is 1. The molecule has 0 aromatic heterocycles. The van der Waals surface area contributed by atoms with Crippen molar-refractivity contribution in [3.05, 3.63) is 90.8 Å². The van der Waals surface area contributed by atoms with Crippen molar-refractivity contribution in [2.24, 2.45) is 0 Å². The van der Waals surface area contributed by atoms with Gasteiger partial charge in [0.15, 0.2) is 0 Å². The summed E-state index contributed by atoms with van der Waals surface area (Å²) in [7, 11) is 0. The predicted molar refractivity (Wildman–Crippen MR) is 68.6 cm³/mol. The molecule has 10 radical (unpaired) electrons. The summed E-state index contributed by atoms with van der Waals surface area (Å²) in [6.45, 7) is 18.0. The van der Waals surface area contributed by atoms with E-state index in [4.69, 9.17) is 18.6 Å². The maximum Gasteiger partial charge on any atom is 0 e. The van der Waals surface area contributed by atoms with Crippen molar-refractivity contribution < 1.29 is 60.7 Å². The molecule has 0 atom stereocenters. The average molecular weight is 460 g/mol. The second kappa shape index (κ2) is 84.5. The summed E-state index contributed by atoms with van der Waals surface area (Å²) in [6.07, 6.45) is 28.0. The molecule has 2 saturated carbocycles. The van der Waals surface area contributed by atoms with E-state index < -0.39 is 0 Å². The smallest absolute Gasteiger partial charge is 0 e. The van der Waals surface area contributed by atoms with Crippen LogP contribution in [0.25, 0.3) is 0 Å². The fourth-order valence-corrected chi connectivity index (χ4v) is 0.642. The fourth-order valence-electron chi connectivity index (χ4n) is 0.642. The summed E-state index contributed by atoms with van der Waals surface area (Å²) >= 11 is 0. The zero-order valence-corrected chi connectivity index (χ0v) is 15.4. The third kappa shape index (κ3) is 72.5. The Hall–Kier alpha value is -0.103. The Morgan fingerprint density at radius 3 is 0.455 bits per heavy atom. The Kier molecular flexibility index (Phi) is 165. The zero-order chi connectivity index (χ0) is 17.1. The topological polar surface area (TPSA) is 79.6 Å². The molecule has 2 aliphatic rings. The molecule has 0 saturated heterocycles. The van der Waals surface area contributed by atoms with E-state index in [1.807, 2.05) is 64.2 Å². The van der Waals surface area contributed by atoms with Gasteiger partial charge in [-0.1, -0.05) is 0 Å². The molecular weight excluding hydrogens is 448 g/mol. The first kappa shape index (κ1) is 43.1. The molecule has 0 aliphatic heterocycles. The molecule has 0 spiro atoms. The quantitative estimate of drug-likeness (QED) is 0.230. The molecule has 0 N–H and O–H groups in total. The first-order chi connectivity index (χ1) is 10.0. The molecule has 0 amide bonds. The number of rotatable bonds is 0. The van der Waals surface area contributed by atoms with Crippen LogP contribution in [0, 0.1) is 104 Å². The van der Waals surface area contributed by atoms with E-state index in [1.165, 1.54) is 0 Å². The largest absolute Gasteiger partial charge is 0.0312 e. The molecule has 4 nitrogen and oxygen atoms in total. The molecule has 0 heterocycles. The van der Waals surface area contributed by atoms with Crippen LogP contribution in [0.2, 0.25) is 0 Å². The number of hydrogen-bond donors (Lipinski definition) is 0. The van der Waals surface area contributed by atoms with Crippen LogP contribution in [0.1, 0.15) is 0 Å². The summed E-state index contributed by atoms with van der Waals surface area (Å²) < 4.78 is 30.0. The van der Waals surface area contributed by atoms with Gasteiger partial charge < -0.3 is 0 Å². The third-order valence-corrected chi connectivity index (χ3v) is 1.11. The minimum atomic E-state index is 0. The average Bonchev–Trinajstić information content (AvgIpc) is 3.34. The van der Waals surface area contributed by atoms with Gasteiger partial charge in [0, 0.05) is 42.1 Å². The molecule has 0 aromatic carbocycles. The van der Waals surface area contributed by atoms with Crippen molar-refractivity contribution in [2.45, 2.75) is 0 Å². The fraction of sp³-hybridized carbons (Fsp3) is 0. The Balaban J connectivity index is -0.0000000251. The van der Waals surface area contributed by atoms with Crippen LogP contribution in [0.15, 0.2) is 0 Å². The van der Waals surface area contributed by atoms with Crippen molar-refractivity contribution in [2.75, 3.05) is 0 Å². The first-order valence-electron chi connectivity index (χ1n) is 4.48. The summed E-state index contributed by atoms with van der Waals surface area (Å²) in [5, 5.41) is 0. The summed E-state index contributed by atoms with van der Waals surface area (Å²) in [6, 6.07) is 0. The van der Waals surface area contributed by atoms with Crippen LogP contribution in [-0.4, -0.2) is 0 Å². The first-order valence-corrected chi connectivity index (χ1v) is 4.48. The maximum atomic E-state index is 7.50. The predicted octanol–water partition coefficient (Wildman–Crippen LogP) is 2.14. The van der Waals surface area contributed by atoms with Crippen LogP contribution in [0.5, 0.6) is 0 Å². The van der Waals surface area contributed by atoms with E-state index in [0.717, 1.165) is 0 Å². The zero-order valence-electron chi connectivity index (χ0n) is 11.4. The Bertz CT molecular complexity index is 164. The van der Waals surface area contributed by atoms with Gasteiger partial charge in [0.25, 0.3) is 0 Å². The number of hydrogen-bond acceptors (Lipinski definition) is 0. The monoisotopic (exact) mass is 464 g/mol. The van der Waals surface area contributed by atoms with Gasteiger partial charge in [0.2, 0.25) is 0 Å². The molecule has 2 rings (SSSR count). The molecule has 0 unspecified atom stereocenters. The third-order valence-electron chi connectivity index (χ3n) is 1.11. The Labute approximate surface area is 164 Å². The molecular formula is C16H12Mo2O4. The van der Waals surface area contributed by atoms with Crippen molar-refractivity contribution in [3.8, 4) is 12.8 Å². The molecule has 22 heavy (non-hydrogen) atoms. The maximum absolute atomic E-state index is 7.50. The van der Waals surface area contributed by atoms with Gasteiger partial charge in [-0.2, -0.15) is 0 Å². The molecule has 112 valence electrons. The van der Waals surface area contributed by atoms with Gasteiger partial charge in [-0.3, -0.25) is 0 Å². The molecule has 6 heteroatoms. The second-order valence-corrected chi connectivity index (χ2v) is 1.92. The van der Waals surface area contributed by atoms with E-state index in [1.54, 1.807) is 0 Å². The second-order valence-electron chi connectivity index (χ2n) is 1.92. The molecule has 0 bridgehead atoms. The summed E-state index contributed by atoms with van der Waals surface area (Å²) in [5.74, 6) is 0. The van der Waals surface area contributed by atoms with Crippen LogP contribution in [-0.2, 0) is 60.7 Å². The van der Waals surface area contributed by atoms with Crippen LogP contribution in [0.4, 0.5) is 0 Å². The Morgan fingerprint density at radius 1 is 0.364 bits per heavy atom. The van der Waals surface area contributed by atoms with Gasteiger partial charge in [-0.25, -0.2) is 0 Å². The minimum Gasteiger partial charge on any atom is -0.0312 e. The van der Waals surface area contributed by atoms with E-state index in [0.29, 0.717) is 0 Å². The van der Waals surface area contributed by atoms with Gasteiger partial charge >= 0.3 is 45.2 Å². The van der Waals surface area contributed by atoms with Crippen molar-refractivity contribution in [1.29, 1.82) is 0 Å². The normalized spacial score (nSPS) is 11.4. The van der Waals surface area contributed by atoms with Crippen LogP contribution in [0.3, 0.4) is 0 Å². The van der Waals surface area contributed by atoms with Crippen LogP contribution < -0.4 is 0 Å². The van der Waals surface area contributed by atoms with Gasteiger partial charge in [0.1, 0.15) is 0 Å². The summed E-state index contributed by atoms with van der Waals surface area (Å²) in [5.41, 5.74) is 0. The molecule has 2 fully saturated rings. The molecule has 2 aliphatic carbocycles. The summed E-state index contributed by atoms with van der Waals surface area (Å²) in [4.78, 5) is 0. The van der Waals surface area contributed by atoms with Gasteiger partial charge in [-0.15, -0.1) is 12.8 Å². The van der Waals surface area contributed by atoms with E-state index >= 15 is 0 Å². The van der Waals surface area contributed by atoms with E-state index in [2.05, 4.69) is 39.4 Å². The van der Waals surface area contributed by atoms with E-state index in [9.17, 15) is 0 Å². The standard InChI is InChI=1S/2C5H5.C2H2.4CO.2Mo/c2*1-2-4-5-3-1;5*1-2;;/h2*1-5H;1-2H;;;;;;. The SMILES string of the molecule is C#C.[C-]#[O+].[C-]#[O+].[C-]#[O+].[C-]#[O+].[CH]1[CH][CH][CH][CH]1.[CH]1[CH][CH][CH][CH]1.[Mo].[Mo]. The minimum absolute atomic E-state index is 0. The van der Waals surface area contributed by atoms with Crippen molar-refractivity contribution in [1.82, 2.24) is 0 Å². The van der Waals surface area contributed by atoms with Crippen molar-refractivity contribution >= 4 is 0 Å². The van der Waals surface area contributed by atoms with Crippen LogP contribution >= 0.6 is 0 Å². The van der Waals surface area contributed by atoms with E-state index in [-0.39, 0.29) is 42.1 Å². The Morgan fingerprint density at radius 2 is 0.409 bits per heavy atom. The molecule has 0 aromatic rings.